The summed E-state index contributed by atoms with van der Waals surface area (Å²) in [5, 5.41) is 3.02. The molecule has 8 heteroatoms. The molecular formula is C35H37NO6S. The van der Waals surface area contributed by atoms with E-state index >= 15 is 0 Å². The minimum atomic E-state index is -3.54. The van der Waals surface area contributed by atoms with Crippen molar-refractivity contribution in [2.45, 2.75) is 39.5 Å². The Morgan fingerprint density at radius 2 is 1.44 bits per heavy atom. The average molecular weight is 600 g/mol. The van der Waals surface area contributed by atoms with Gasteiger partial charge in [-0.3, -0.25) is 9.59 Å². The van der Waals surface area contributed by atoms with E-state index in [1.807, 2.05) is 61.5 Å². The van der Waals surface area contributed by atoms with Crippen molar-refractivity contribution in [3.05, 3.63) is 107 Å². The summed E-state index contributed by atoms with van der Waals surface area (Å²) < 4.78 is 35.4. The van der Waals surface area contributed by atoms with Crippen LogP contribution < -0.4 is 14.8 Å². The summed E-state index contributed by atoms with van der Waals surface area (Å²) in [4.78, 5) is 26.1. The third-order valence-corrected chi connectivity index (χ3v) is 7.67. The number of benzene rings is 4. The number of Topliss-reactive ketones (excluding diaryl/α,β-unsaturated/α-hetero) is 1. The van der Waals surface area contributed by atoms with E-state index in [1.165, 1.54) is 7.11 Å². The Balaban J connectivity index is 1.75. The van der Waals surface area contributed by atoms with Crippen LogP contribution in [0.5, 0.6) is 17.2 Å². The van der Waals surface area contributed by atoms with Crippen molar-refractivity contribution in [2.24, 2.45) is 0 Å². The molecule has 43 heavy (non-hydrogen) atoms. The zero-order chi connectivity index (χ0) is 31.4. The van der Waals surface area contributed by atoms with Crippen LogP contribution in [0.15, 0.2) is 84.9 Å². The molecular weight excluding hydrogens is 562 g/mol. The second kappa shape index (κ2) is 12.8. The summed E-state index contributed by atoms with van der Waals surface area (Å²) in [6, 6.07) is 26.0. The molecule has 0 bridgehead atoms. The average Bonchev–Trinajstić information content (AvgIpc) is 2.93. The summed E-state index contributed by atoms with van der Waals surface area (Å²) in [7, 11) is -2.12. The van der Waals surface area contributed by atoms with Crippen LogP contribution in [0.2, 0.25) is 0 Å². The molecule has 4 aromatic rings. The molecule has 224 valence electrons. The van der Waals surface area contributed by atoms with E-state index in [9.17, 15) is 18.0 Å². The molecule has 4 aromatic carbocycles. The molecule has 0 fully saturated rings. The molecule has 7 nitrogen and oxygen atoms in total. The fourth-order valence-corrected chi connectivity index (χ4v) is 5.33. The van der Waals surface area contributed by atoms with Gasteiger partial charge in [-0.05, 0) is 59.4 Å². The molecule has 0 unspecified atom stereocenters. The van der Waals surface area contributed by atoms with Gasteiger partial charge in [-0.25, -0.2) is 8.42 Å². The van der Waals surface area contributed by atoms with Gasteiger partial charge in [0, 0.05) is 11.8 Å². The fourth-order valence-electron chi connectivity index (χ4n) is 4.70. The van der Waals surface area contributed by atoms with E-state index in [1.54, 1.807) is 30.3 Å². The molecule has 1 N–H and O–H groups in total. The smallest absolute Gasteiger partial charge is 0.228 e. The monoisotopic (exact) mass is 599 g/mol. The lowest BCUT2D eigenvalue weighted by Gasteiger charge is -2.23. The van der Waals surface area contributed by atoms with Gasteiger partial charge >= 0.3 is 0 Å². The number of anilines is 1. The molecule has 0 saturated carbocycles. The van der Waals surface area contributed by atoms with Gasteiger partial charge < -0.3 is 14.8 Å². The summed E-state index contributed by atoms with van der Waals surface area (Å²) in [6.45, 7) is 8.31. The third kappa shape index (κ3) is 8.32. The lowest BCUT2D eigenvalue weighted by atomic mass is 9.86. The summed E-state index contributed by atoms with van der Waals surface area (Å²) in [6.07, 6.45) is 1.19. The lowest BCUT2D eigenvalue weighted by Crippen LogP contribution is -2.16. The Morgan fingerprint density at radius 3 is 2.07 bits per heavy atom. The van der Waals surface area contributed by atoms with E-state index in [0.29, 0.717) is 28.3 Å². The van der Waals surface area contributed by atoms with Gasteiger partial charge in [0.2, 0.25) is 5.91 Å². The van der Waals surface area contributed by atoms with Crippen LogP contribution in [-0.2, 0) is 26.5 Å². The molecule has 0 spiro atoms. The highest BCUT2D eigenvalue weighted by Gasteiger charge is 2.22. The Labute approximate surface area is 253 Å². The van der Waals surface area contributed by atoms with Gasteiger partial charge in [0.05, 0.1) is 24.8 Å². The number of para-hydroxylation sites is 1. The number of carbonyl (C=O) groups excluding carboxylic acids is 2. The van der Waals surface area contributed by atoms with Crippen LogP contribution in [0.3, 0.4) is 0 Å². The predicted octanol–water partition coefficient (Wildman–Crippen LogP) is 7.17. The summed E-state index contributed by atoms with van der Waals surface area (Å²) in [5.74, 6) is 0.00474. The first-order valence-corrected chi connectivity index (χ1v) is 16.0. The molecule has 0 aliphatic rings. The van der Waals surface area contributed by atoms with Crippen molar-refractivity contribution in [3.63, 3.8) is 0 Å². The van der Waals surface area contributed by atoms with E-state index < -0.39 is 21.4 Å². The number of amides is 1. The molecule has 0 aliphatic carbocycles. The van der Waals surface area contributed by atoms with Crippen LogP contribution in [0, 0.1) is 6.92 Å². The standard InChI is InChI=1S/C35H37NO6S/c1-23-11-13-24(14-12-23)19-34(38)36-29-21-26(16-18-33(29)42-32-10-8-7-9-28(32)35(2,3)4)25-15-17-31(41-5)27(20-25)30(37)22-43(6,39)40/h7-18,20-21H,19,22H2,1-6H3,(H,36,38). The summed E-state index contributed by atoms with van der Waals surface area (Å²) in [5.41, 5.74) is 4.78. The second-order valence-electron chi connectivity index (χ2n) is 11.7. The third-order valence-electron chi connectivity index (χ3n) is 6.88. The van der Waals surface area contributed by atoms with E-state index in [2.05, 4.69) is 26.1 Å². The van der Waals surface area contributed by atoms with Crippen molar-refractivity contribution >= 4 is 27.2 Å². The molecule has 4 rings (SSSR count). The summed E-state index contributed by atoms with van der Waals surface area (Å²) >= 11 is 0. The number of aryl methyl sites for hydroxylation is 1. The van der Waals surface area contributed by atoms with Crippen LogP contribution >= 0.6 is 0 Å². The van der Waals surface area contributed by atoms with Gasteiger partial charge in [-0.1, -0.05) is 80.9 Å². The number of rotatable bonds is 10. The lowest BCUT2D eigenvalue weighted by molar-refractivity contribution is -0.115. The van der Waals surface area contributed by atoms with Crippen molar-refractivity contribution in [3.8, 4) is 28.4 Å². The molecule has 0 radical (unpaired) electrons. The zero-order valence-electron chi connectivity index (χ0n) is 25.4. The van der Waals surface area contributed by atoms with Crippen molar-refractivity contribution < 1.29 is 27.5 Å². The molecule has 0 aliphatic heterocycles. The maximum Gasteiger partial charge on any atom is 0.228 e. The number of hydrogen-bond acceptors (Lipinski definition) is 6. The highest BCUT2D eigenvalue weighted by atomic mass is 32.2. The number of ketones is 1. The number of carbonyl (C=O) groups is 2. The zero-order valence-corrected chi connectivity index (χ0v) is 26.2. The largest absolute Gasteiger partial charge is 0.496 e. The first-order chi connectivity index (χ1) is 20.2. The van der Waals surface area contributed by atoms with Crippen LogP contribution in [0.25, 0.3) is 11.1 Å². The minimum Gasteiger partial charge on any atom is -0.496 e. The van der Waals surface area contributed by atoms with Gasteiger partial charge in [0.25, 0.3) is 0 Å². The molecule has 0 aromatic heterocycles. The first kappa shape index (κ1) is 31.5. The molecule has 1 amide bonds. The van der Waals surface area contributed by atoms with Gasteiger partial charge in [-0.15, -0.1) is 0 Å². The topological polar surface area (TPSA) is 98.8 Å². The van der Waals surface area contributed by atoms with Gasteiger partial charge in [-0.2, -0.15) is 0 Å². The predicted molar refractivity (Wildman–Crippen MR) is 171 cm³/mol. The van der Waals surface area contributed by atoms with Gasteiger partial charge in [0.1, 0.15) is 17.3 Å². The van der Waals surface area contributed by atoms with Crippen molar-refractivity contribution in [1.82, 2.24) is 0 Å². The second-order valence-corrected chi connectivity index (χ2v) is 13.8. The Kier molecular flexibility index (Phi) is 9.40. The van der Waals surface area contributed by atoms with E-state index in [-0.39, 0.29) is 29.1 Å². The number of sulfone groups is 1. The SMILES string of the molecule is COc1ccc(-c2ccc(Oc3ccccc3C(C)(C)C)c(NC(=O)Cc3ccc(C)cc3)c2)cc1C(=O)CS(C)(=O)=O. The normalized spacial score (nSPS) is 11.6. The Morgan fingerprint density at radius 1 is 0.814 bits per heavy atom. The van der Waals surface area contributed by atoms with Crippen molar-refractivity contribution in [1.29, 1.82) is 0 Å². The van der Waals surface area contributed by atoms with Gasteiger partial charge in [0.15, 0.2) is 21.4 Å². The maximum atomic E-state index is 13.2. The number of hydrogen-bond donors (Lipinski definition) is 1. The Bertz CT molecular complexity index is 1750. The quantitative estimate of drug-likeness (QED) is 0.194. The number of nitrogens with one attached hydrogen (secondary N) is 1. The first-order valence-electron chi connectivity index (χ1n) is 13.9. The minimum absolute atomic E-state index is 0.162. The van der Waals surface area contributed by atoms with Crippen molar-refractivity contribution in [2.75, 3.05) is 24.4 Å². The molecule has 0 heterocycles. The van der Waals surface area contributed by atoms with E-state index in [4.69, 9.17) is 9.47 Å². The fraction of sp³-hybridized carbons (Fsp3) is 0.257. The van der Waals surface area contributed by atoms with Crippen LogP contribution in [-0.4, -0.2) is 39.2 Å². The number of ether oxygens (including phenoxy) is 2. The maximum absolute atomic E-state index is 13.2. The highest BCUT2D eigenvalue weighted by molar-refractivity contribution is 7.91. The number of methoxy groups -OCH3 is 1. The molecule has 0 saturated heterocycles. The van der Waals surface area contributed by atoms with Crippen LogP contribution in [0.4, 0.5) is 5.69 Å². The highest BCUT2D eigenvalue weighted by Crippen LogP contribution is 2.39. The Hall–Kier alpha value is -4.43. The molecule has 0 atom stereocenters. The van der Waals surface area contributed by atoms with E-state index in [0.717, 1.165) is 22.9 Å². The van der Waals surface area contributed by atoms with Crippen LogP contribution in [0.1, 0.15) is 47.8 Å².